The number of anilines is 1. The third-order valence-corrected chi connectivity index (χ3v) is 3.10. The van der Waals surface area contributed by atoms with Gasteiger partial charge < -0.3 is 15.4 Å². The Morgan fingerprint density at radius 2 is 2.15 bits per heavy atom. The highest BCUT2D eigenvalue weighted by atomic mass is 16.3. The summed E-state index contributed by atoms with van der Waals surface area (Å²) in [5.41, 5.74) is 1.70. The lowest BCUT2D eigenvalue weighted by atomic mass is 10.1. The Labute approximate surface area is 115 Å². The molecule has 0 aliphatic carbocycles. The molecule has 102 valence electrons. The molecule has 3 rings (SSSR count). The average molecular weight is 269 g/mol. The van der Waals surface area contributed by atoms with Crippen LogP contribution in [-0.2, 0) is 6.42 Å². The van der Waals surface area contributed by atoms with E-state index in [1.165, 1.54) is 6.33 Å². The van der Waals surface area contributed by atoms with Gasteiger partial charge in [-0.15, -0.1) is 0 Å². The van der Waals surface area contributed by atoms with Gasteiger partial charge in [-0.3, -0.25) is 4.98 Å². The van der Waals surface area contributed by atoms with Crippen molar-refractivity contribution in [3.8, 4) is 0 Å². The molecule has 1 atom stereocenters. The molecule has 0 radical (unpaired) electrons. The molecular formula is C14H15N5O. The Balaban J connectivity index is 1.79. The predicted octanol–water partition coefficient (Wildman–Crippen LogP) is 1.37. The number of hydrogen-bond acceptors (Lipinski definition) is 5. The predicted molar refractivity (Wildman–Crippen MR) is 76.3 cm³/mol. The zero-order valence-electron chi connectivity index (χ0n) is 10.8. The maximum atomic E-state index is 9.53. The second-order valence-corrected chi connectivity index (χ2v) is 4.51. The average Bonchev–Trinajstić information content (AvgIpc) is 2.97. The highest BCUT2D eigenvalue weighted by molar-refractivity contribution is 5.86. The van der Waals surface area contributed by atoms with Crippen LogP contribution in [0.15, 0.2) is 43.0 Å². The first-order valence-electron chi connectivity index (χ1n) is 6.42. The first-order chi connectivity index (χ1) is 9.86. The molecule has 6 nitrogen and oxygen atoms in total. The molecule has 0 unspecified atom stereocenters. The molecule has 3 heterocycles. The van der Waals surface area contributed by atoms with E-state index >= 15 is 0 Å². The summed E-state index contributed by atoms with van der Waals surface area (Å²) in [6.07, 6.45) is 5.69. The molecule has 0 fully saturated rings. The molecule has 3 N–H and O–H groups in total. The van der Waals surface area contributed by atoms with Gasteiger partial charge in [0.25, 0.3) is 0 Å². The molecule has 3 aromatic heterocycles. The van der Waals surface area contributed by atoms with Gasteiger partial charge in [0, 0.05) is 24.5 Å². The number of aliphatic hydroxyl groups is 1. The molecule has 0 saturated heterocycles. The fourth-order valence-corrected chi connectivity index (χ4v) is 2.11. The van der Waals surface area contributed by atoms with E-state index in [1.807, 2.05) is 30.5 Å². The van der Waals surface area contributed by atoms with E-state index < -0.39 is 0 Å². The van der Waals surface area contributed by atoms with Gasteiger partial charge in [-0.05, 0) is 18.2 Å². The molecule has 0 saturated carbocycles. The number of fused-ring (bicyclic) bond motifs is 1. The lowest BCUT2D eigenvalue weighted by Gasteiger charge is -2.16. The molecule has 0 amide bonds. The number of aromatic amines is 1. The summed E-state index contributed by atoms with van der Waals surface area (Å²) in [6.45, 7) is 0.00644. The summed E-state index contributed by atoms with van der Waals surface area (Å²) in [4.78, 5) is 15.7. The standard InChI is InChI=1S/C14H15N5O/c20-8-11(7-10-3-1-2-5-15-10)19-14-12-4-6-16-13(12)17-9-18-14/h1-6,9,11,20H,7-8H2,(H2,16,17,18,19)/t11-/m0/s1. The van der Waals surface area contributed by atoms with E-state index in [1.54, 1.807) is 6.20 Å². The third kappa shape index (κ3) is 2.60. The molecule has 0 aliphatic heterocycles. The summed E-state index contributed by atoms with van der Waals surface area (Å²) < 4.78 is 0. The number of aliphatic hydroxyl groups excluding tert-OH is 1. The molecule has 0 aliphatic rings. The van der Waals surface area contributed by atoms with Gasteiger partial charge in [-0.1, -0.05) is 6.07 Å². The number of nitrogens with one attached hydrogen (secondary N) is 2. The lowest BCUT2D eigenvalue weighted by Crippen LogP contribution is -2.27. The fourth-order valence-electron chi connectivity index (χ4n) is 2.11. The molecule has 0 spiro atoms. The van der Waals surface area contributed by atoms with Crippen molar-refractivity contribution < 1.29 is 5.11 Å². The van der Waals surface area contributed by atoms with Gasteiger partial charge in [-0.2, -0.15) is 0 Å². The fraction of sp³-hybridized carbons (Fsp3) is 0.214. The molecule has 20 heavy (non-hydrogen) atoms. The quantitative estimate of drug-likeness (QED) is 0.651. The van der Waals surface area contributed by atoms with Crippen LogP contribution >= 0.6 is 0 Å². The summed E-state index contributed by atoms with van der Waals surface area (Å²) in [5, 5.41) is 13.7. The first kappa shape index (κ1) is 12.6. The number of nitrogens with zero attached hydrogens (tertiary/aromatic N) is 3. The van der Waals surface area contributed by atoms with Crippen molar-refractivity contribution in [2.45, 2.75) is 12.5 Å². The normalized spacial score (nSPS) is 12.4. The van der Waals surface area contributed by atoms with Crippen LogP contribution in [0.3, 0.4) is 0 Å². The maximum Gasteiger partial charge on any atom is 0.142 e. The second-order valence-electron chi connectivity index (χ2n) is 4.51. The highest BCUT2D eigenvalue weighted by Gasteiger charge is 2.12. The Bertz CT molecular complexity index is 682. The largest absolute Gasteiger partial charge is 0.394 e. The van der Waals surface area contributed by atoms with Crippen molar-refractivity contribution in [2.75, 3.05) is 11.9 Å². The van der Waals surface area contributed by atoms with Crippen LogP contribution in [-0.4, -0.2) is 37.7 Å². The van der Waals surface area contributed by atoms with Crippen LogP contribution in [0.2, 0.25) is 0 Å². The molecular weight excluding hydrogens is 254 g/mol. The minimum Gasteiger partial charge on any atom is -0.394 e. The number of pyridine rings is 1. The van der Waals surface area contributed by atoms with Crippen LogP contribution in [0.5, 0.6) is 0 Å². The number of rotatable bonds is 5. The first-order valence-corrected chi connectivity index (χ1v) is 6.42. The summed E-state index contributed by atoms with van der Waals surface area (Å²) >= 11 is 0. The minimum atomic E-state index is -0.141. The SMILES string of the molecule is OC[C@H](Cc1ccccn1)Nc1ncnc2[nH]ccc12. The van der Waals surface area contributed by atoms with Crippen LogP contribution in [0.4, 0.5) is 5.82 Å². The van der Waals surface area contributed by atoms with Gasteiger partial charge in [-0.25, -0.2) is 9.97 Å². The van der Waals surface area contributed by atoms with E-state index in [4.69, 9.17) is 0 Å². The Morgan fingerprint density at radius 3 is 2.95 bits per heavy atom. The van der Waals surface area contributed by atoms with Crippen molar-refractivity contribution >= 4 is 16.9 Å². The zero-order chi connectivity index (χ0) is 13.8. The van der Waals surface area contributed by atoms with Crippen molar-refractivity contribution in [3.05, 3.63) is 48.7 Å². The van der Waals surface area contributed by atoms with Gasteiger partial charge in [0.05, 0.1) is 18.0 Å². The number of aromatic nitrogens is 4. The van der Waals surface area contributed by atoms with Gasteiger partial charge in [0.15, 0.2) is 0 Å². The van der Waals surface area contributed by atoms with Gasteiger partial charge in [0.2, 0.25) is 0 Å². The van der Waals surface area contributed by atoms with Crippen LogP contribution < -0.4 is 5.32 Å². The summed E-state index contributed by atoms with van der Waals surface area (Å²) in [7, 11) is 0. The monoisotopic (exact) mass is 269 g/mol. The van der Waals surface area contributed by atoms with Crippen molar-refractivity contribution in [2.24, 2.45) is 0 Å². The number of hydrogen-bond donors (Lipinski definition) is 3. The van der Waals surface area contributed by atoms with Crippen molar-refractivity contribution in [3.63, 3.8) is 0 Å². The van der Waals surface area contributed by atoms with Crippen molar-refractivity contribution in [1.29, 1.82) is 0 Å². The maximum absolute atomic E-state index is 9.53. The Morgan fingerprint density at radius 1 is 1.20 bits per heavy atom. The summed E-state index contributed by atoms with van der Waals surface area (Å²) in [5.74, 6) is 0.714. The van der Waals surface area contributed by atoms with Gasteiger partial charge in [0.1, 0.15) is 17.8 Å². The Hall–Kier alpha value is -2.47. The highest BCUT2D eigenvalue weighted by Crippen LogP contribution is 2.18. The topological polar surface area (TPSA) is 86.7 Å². The van der Waals surface area contributed by atoms with E-state index in [-0.39, 0.29) is 12.6 Å². The van der Waals surface area contributed by atoms with Gasteiger partial charge >= 0.3 is 0 Å². The van der Waals surface area contributed by atoms with E-state index in [0.717, 1.165) is 16.7 Å². The third-order valence-electron chi connectivity index (χ3n) is 3.10. The van der Waals surface area contributed by atoms with Crippen LogP contribution in [0.25, 0.3) is 11.0 Å². The number of H-pyrrole nitrogens is 1. The Kier molecular flexibility index (Phi) is 3.56. The van der Waals surface area contributed by atoms with Crippen molar-refractivity contribution in [1.82, 2.24) is 19.9 Å². The lowest BCUT2D eigenvalue weighted by molar-refractivity contribution is 0.273. The van der Waals surface area contributed by atoms with E-state index in [9.17, 15) is 5.11 Å². The second kappa shape index (κ2) is 5.66. The smallest absolute Gasteiger partial charge is 0.142 e. The molecule has 0 bridgehead atoms. The molecule has 0 aromatic carbocycles. The zero-order valence-corrected chi connectivity index (χ0v) is 10.8. The summed E-state index contributed by atoms with van der Waals surface area (Å²) in [6, 6.07) is 7.52. The van der Waals surface area contributed by atoms with Crippen LogP contribution in [0.1, 0.15) is 5.69 Å². The minimum absolute atomic E-state index is 0.00644. The van der Waals surface area contributed by atoms with Crippen LogP contribution in [0, 0.1) is 0 Å². The molecule has 3 aromatic rings. The van der Waals surface area contributed by atoms with E-state index in [0.29, 0.717) is 12.2 Å². The molecule has 6 heteroatoms. The van der Waals surface area contributed by atoms with E-state index in [2.05, 4.69) is 25.3 Å².